The second kappa shape index (κ2) is 11.5. The van der Waals surface area contributed by atoms with E-state index in [4.69, 9.17) is 4.42 Å². The number of rotatable bonds is 3. The number of hydrogen-bond donors (Lipinski definition) is 0. The molecule has 0 fully saturated rings. The van der Waals surface area contributed by atoms with Crippen molar-refractivity contribution in [3.05, 3.63) is 193 Å². The smallest absolute Gasteiger partial charge is 0.136 e. The molecule has 1 heteroatoms. The van der Waals surface area contributed by atoms with Crippen LogP contribution in [-0.4, -0.2) is 0 Å². The minimum Gasteiger partial charge on any atom is -0.456 e. The van der Waals surface area contributed by atoms with E-state index in [1.165, 1.54) is 104 Å². The highest BCUT2D eigenvalue weighted by Crippen LogP contribution is 2.52. The van der Waals surface area contributed by atoms with E-state index >= 15 is 0 Å². The standard InChI is InChI=1S/C55H36O/c1-55(2)48-28-24-37(31-46(48)45-27-23-35-12-4-6-14-40(35)54(45)55)33-19-21-36(22-20-33)51-41-15-7-9-17-43(41)52(44-18-10-8-16-42(44)51)38-26-29-49-47(32-38)53-39-13-5-3-11-34(39)25-30-50(53)56-49/h3-32H,1-2H3. The molecule has 1 aliphatic carbocycles. The van der Waals surface area contributed by atoms with Gasteiger partial charge in [-0.2, -0.15) is 0 Å². The van der Waals surface area contributed by atoms with Crippen LogP contribution in [0.5, 0.6) is 0 Å². The largest absolute Gasteiger partial charge is 0.456 e. The maximum atomic E-state index is 6.41. The van der Waals surface area contributed by atoms with Crippen LogP contribution in [-0.2, 0) is 5.41 Å². The van der Waals surface area contributed by atoms with Gasteiger partial charge in [0.05, 0.1) is 0 Å². The molecule has 1 aromatic heterocycles. The summed E-state index contributed by atoms with van der Waals surface area (Å²) < 4.78 is 6.41. The molecule has 10 aromatic carbocycles. The van der Waals surface area contributed by atoms with Gasteiger partial charge in [-0.15, -0.1) is 0 Å². The van der Waals surface area contributed by atoms with E-state index in [0.717, 1.165) is 16.6 Å². The molecule has 1 heterocycles. The van der Waals surface area contributed by atoms with E-state index in [1.807, 2.05) is 0 Å². The lowest BCUT2D eigenvalue weighted by molar-refractivity contribution is 0.666. The lowest BCUT2D eigenvalue weighted by Gasteiger charge is -2.23. The fourth-order valence-electron chi connectivity index (χ4n) is 10.1. The van der Waals surface area contributed by atoms with Crippen molar-refractivity contribution in [1.29, 1.82) is 0 Å². The first-order chi connectivity index (χ1) is 27.5. The zero-order valence-electron chi connectivity index (χ0n) is 31.2. The average molecular weight is 713 g/mol. The minimum atomic E-state index is -0.0609. The van der Waals surface area contributed by atoms with Gasteiger partial charge >= 0.3 is 0 Å². The maximum absolute atomic E-state index is 6.41. The number of fused-ring (bicyclic) bond motifs is 12. The third-order valence-corrected chi connectivity index (χ3v) is 12.6. The van der Waals surface area contributed by atoms with Crippen molar-refractivity contribution >= 4 is 65.0 Å². The normalized spacial score (nSPS) is 13.3. The topological polar surface area (TPSA) is 13.1 Å². The Balaban J connectivity index is 1.00. The molecule has 0 saturated carbocycles. The predicted molar refractivity (Wildman–Crippen MR) is 238 cm³/mol. The Morgan fingerprint density at radius 2 is 0.875 bits per heavy atom. The van der Waals surface area contributed by atoms with Crippen molar-refractivity contribution in [2.45, 2.75) is 19.3 Å². The highest BCUT2D eigenvalue weighted by Gasteiger charge is 2.37. The van der Waals surface area contributed by atoms with E-state index in [1.54, 1.807) is 0 Å². The monoisotopic (exact) mass is 712 g/mol. The van der Waals surface area contributed by atoms with E-state index in [0.29, 0.717) is 0 Å². The van der Waals surface area contributed by atoms with Crippen LogP contribution in [0.3, 0.4) is 0 Å². The van der Waals surface area contributed by atoms with E-state index in [-0.39, 0.29) is 5.41 Å². The molecule has 262 valence electrons. The first-order valence-electron chi connectivity index (χ1n) is 19.6. The predicted octanol–water partition coefficient (Wildman–Crippen LogP) is 15.5. The molecule has 0 unspecified atom stereocenters. The summed E-state index contributed by atoms with van der Waals surface area (Å²) in [6.45, 7) is 4.75. The van der Waals surface area contributed by atoms with Crippen LogP contribution in [0, 0.1) is 0 Å². The molecular weight excluding hydrogens is 677 g/mol. The van der Waals surface area contributed by atoms with E-state index < -0.39 is 0 Å². The summed E-state index contributed by atoms with van der Waals surface area (Å²) in [5, 5.41) is 12.4. The van der Waals surface area contributed by atoms with Crippen LogP contribution >= 0.6 is 0 Å². The molecule has 0 aliphatic heterocycles. The van der Waals surface area contributed by atoms with Crippen LogP contribution in [0.15, 0.2) is 186 Å². The zero-order chi connectivity index (χ0) is 37.1. The summed E-state index contributed by atoms with van der Waals surface area (Å²) in [7, 11) is 0. The van der Waals surface area contributed by atoms with Crippen LogP contribution in [0.2, 0.25) is 0 Å². The van der Waals surface area contributed by atoms with Gasteiger partial charge in [0.2, 0.25) is 0 Å². The van der Waals surface area contributed by atoms with Crippen molar-refractivity contribution in [1.82, 2.24) is 0 Å². The molecule has 0 spiro atoms. The van der Waals surface area contributed by atoms with Gasteiger partial charge in [0.25, 0.3) is 0 Å². The third-order valence-electron chi connectivity index (χ3n) is 12.6. The van der Waals surface area contributed by atoms with Gasteiger partial charge in [0, 0.05) is 16.2 Å². The Morgan fingerprint density at radius 1 is 0.357 bits per heavy atom. The average Bonchev–Trinajstić information content (AvgIpc) is 3.74. The van der Waals surface area contributed by atoms with Gasteiger partial charge in [-0.1, -0.05) is 172 Å². The summed E-state index contributed by atoms with van der Waals surface area (Å²) in [6, 6.07) is 67.1. The highest BCUT2D eigenvalue weighted by atomic mass is 16.3. The second-order valence-electron chi connectivity index (χ2n) is 16.0. The van der Waals surface area contributed by atoms with Crippen LogP contribution in [0.25, 0.3) is 110 Å². The minimum absolute atomic E-state index is 0.0609. The molecular formula is C55H36O. The van der Waals surface area contributed by atoms with Gasteiger partial charge in [0.1, 0.15) is 11.2 Å². The SMILES string of the molecule is CC1(C)c2ccc(-c3ccc(-c4c5ccccc5c(-c5ccc6oc7ccc8ccccc8c7c6c5)c5ccccc45)cc3)cc2-c2ccc3ccccc3c21. The molecule has 0 amide bonds. The summed E-state index contributed by atoms with van der Waals surface area (Å²) in [5.74, 6) is 0. The van der Waals surface area contributed by atoms with Gasteiger partial charge < -0.3 is 4.42 Å². The quantitative estimate of drug-likeness (QED) is 0.166. The van der Waals surface area contributed by atoms with Gasteiger partial charge in [-0.3, -0.25) is 0 Å². The highest BCUT2D eigenvalue weighted by molar-refractivity contribution is 6.23. The van der Waals surface area contributed by atoms with E-state index in [2.05, 4.69) is 196 Å². The molecule has 12 rings (SSSR count). The molecule has 0 saturated heterocycles. The van der Waals surface area contributed by atoms with Crippen molar-refractivity contribution in [2.24, 2.45) is 0 Å². The zero-order valence-corrected chi connectivity index (χ0v) is 31.2. The fourth-order valence-corrected chi connectivity index (χ4v) is 10.1. The molecule has 1 nitrogen and oxygen atoms in total. The molecule has 0 radical (unpaired) electrons. The van der Waals surface area contributed by atoms with Crippen molar-refractivity contribution in [3.8, 4) is 44.5 Å². The van der Waals surface area contributed by atoms with Gasteiger partial charge in [-0.25, -0.2) is 0 Å². The molecule has 0 atom stereocenters. The Kier molecular flexibility index (Phi) is 6.46. The van der Waals surface area contributed by atoms with Crippen LogP contribution < -0.4 is 0 Å². The van der Waals surface area contributed by atoms with Gasteiger partial charge in [-0.05, 0) is 123 Å². The number of furan rings is 1. The first kappa shape index (κ1) is 31.4. The third kappa shape index (κ3) is 4.37. The second-order valence-corrected chi connectivity index (χ2v) is 16.0. The maximum Gasteiger partial charge on any atom is 0.136 e. The van der Waals surface area contributed by atoms with Crippen molar-refractivity contribution in [3.63, 3.8) is 0 Å². The lowest BCUT2D eigenvalue weighted by atomic mass is 9.80. The van der Waals surface area contributed by atoms with Crippen LogP contribution in [0.4, 0.5) is 0 Å². The van der Waals surface area contributed by atoms with E-state index in [9.17, 15) is 0 Å². The molecule has 0 N–H and O–H groups in total. The molecule has 11 aromatic rings. The number of benzene rings is 10. The number of hydrogen-bond acceptors (Lipinski definition) is 1. The summed E-state index contributed by atoms with van der Waals surface area (Å²) in [5.41, 5.74) is 14.7. The first-order valence-corrected chi connectivity index (χ1v) is 19.6. The van der Waals surface area contributed by atoms with Gasteiger partial charge in [0.15, 0.2) is 0 Å². The van der Waals surface area contributed by atoms with Crippen LogP contribution in [0.1, 0.15) is 25.0 Å². The van der Waals surface area contributed by atoms with Crippen molar-refractivity contribution < 1.29 is 4.42 Å². The fraction of sp³-hybridized carbons (Fsp3) is 0.0545. The Labute approximate surface area is 325 Å². The summed E-state index contributed by atoms with van der Waals surface area (Å²) in [6.07, 6.45) is 0. The lowest BCUT2D eigenvalue weighted by Crippen LogP contribution is -2.15. The molecule has 56 heavy (non-hydrogen) atoms. The summed E-state index contributed by atoms with van der Waals surface area (Å²) >= 11 is 0. The Morgan fingerprint density at radius 3 is 1.57 bits per heavy atom. The molecule has 0 bridgehead atoms. The molecule has 1 aliphatic rings. The Hall–Kier alpha value is -6.96. The van der Waals surface area contributed by atoms with Crippen molar-refractivity contribution in [2.75, 3.05) is 0 Å². The Bertz CT molecular complexity index is 3370. The summed E-state index contributed by atoms with van der Waals surface area (Å²) in [4.78, 5) is 0.